The summed E-state index contributed by atoms with van der Waals surface area (Å²) in [5, 5.41) is 7.17. The van der Waals surface area contributed by atoms with Crippen LogP contribution >= 0.6 is 0 Å². The van der Waals surface area contributed by atoms with Crippen molar-refractivity contribution in [1.29, 1.82) is 0 Å². The second-order valence-corrected chi connectivity index (χ2v) is 6.93. The number of esters is 1. The van der Waals surface area contributed by atoms with Crippen molar-refractivity contribution in [3.63, 3.8) is 0 Å². The third-order valence-electron chi connectivity index (χ3n) is 4.83. The SMILES string of the molecule is COc1cn(-c2ccccc2)nc1C(=O)OCC(=O)NC1CCC(C)CC1. The summed E-state index contributed by atoms with van der Waals surface area (Å²) in [6.07, 6.45) is 5.76. The lowest BCUT2D eigenvalue weighted by molar-refractivity contribution is -0.125. The fraction of sp³-hybridized carbons (Fsp3) is 0.450. The fourth-order valence-corrected chi connectivity index (χ4v) is 3.24. The van der Waals surface area contributed by atoms with Gasteiger partial charge in [-0.3, -0.25) is 4.79 Å². The summed E-state index contributed by atoms with van der Waals surface area (Å²) >= 11 is 0. The molecule has 1 amide bonds. The van der Waals surface area contributed by atoms with E-state index in [0.717, 1.165) is 31.4 Å². The normalized spacial score (nSPS) is 19.3. The number of benzene rings is 1. The molecule has 1 N–H and O–H groups in total. The van der Waals surface area contributed by atoms with Crippen molar-refractivity contribution < 1.29 is 19.1 Å². The van der Waals surface area contributed by atoms with Gasteiger partial charge in [0.1, 0.15) is 0 Å². The summed E-state index contributed by atoms with van der Waals surface area (Å²) in [6, 6.07) is 9.53. The maximum absolute atomic E-state index is 12.4. The Hall–Kier alpha value is -2.83. The highest BCUT2D eigenvalue weighted by molar-refractivity contribution is 5.92. The van der Waals surface area contributed by atoms with Gasteiger partial charge in [0.05, 0.1) is 19.0 Å². The Morgan fingerprint density at radius 1 is 1.19 bits per heavy atom. The number of methoxy groups -OCH3 is 1. The Morgan fingerprint density at radius 3 is 2.56 bits per heavy atom. The molecule has 1 aliphatic rings. The third kappa shape index (κ3) is 4.87. The van der Waals surface area contributed by atoms with Crippen LogP contribution in [0.1, 0.15) is 43.1 Å². The minimum atomic E-state index is -0.686. The van der Waals surface area contributed by atoms with Crippen molar-refractivity contribution in [3.8, 4) is 11.4 Å². The maximum atomic E-state index is 12.4. The molecule has 0 saturated heterocycles. The average Bonchev–Trinajstić information content (AvgIpc) is 3.13. The molecule has 1 aromatic carbocycles. The highest BCUT2D eigenvalue weighted by atomic mass is 16.5. The molecule has 0 radical (unpaired) electrons. The maximum Gasteiger partial charge on any atom is 0.363 e. The lowest BCUT2D eigenvalue weighted by Crippen LogP contribution is -2.39. The molecule has 7 nitrogen and oxygen atoms in total. The van der Waals surface area contributed by atoms with E-state index in [9.17, 15) is 9.59 Å². The number of carbonyl (C=O) groups excluding carboxylic acids is 2. The van der Waals surface area contributed by atoms with Crippen LogP contribution in [0.5, 0.6) is 5.75 Å². The van der Waals surface area contributed by atoms with Crippen LogP contribution in [-0.4, -0.2) is 41.4 Å². The molecule has 27 heavy (non-hydrogen) atoms. The van der Waals surface area contributed by atoms with E-state index in [2.05, 4.69) is 17.3 Å². The van der Waals surface area contributed by atoms with Crippen LogP contribution in [-0.2, 0) is 9.53 Å². The Morgan fingerprint density at radius 2 is 1.89 bits per heavy atom. The second-order valence-electron chi connectivity index (χ2n) is 6.93. The molecule has 0 bridgehead atoms. The Bertz CT molecular complexity index is 780. The van der Waals surface area contributed by atoms with Crippen LogP contribution in [0, 0.1) is 5.92 Å². The highest BCUT2D eigenvalue weighted by Gasteiger charge is 2.23. The molecule has 1 aromatic heterocycles. The number of hydrogen-bond acceptors (Lipinski definition) is 5. The summed E-state index contributed by atoms with van der Waals surface area (Å²) in [5.74, 6) is 0.0343. The highest BCUT2D eigenvalue weighted by Crippen LogP contribution is 2.23. The van der Waals surface area contributed by atoms with Crippen molar-refractivity contribution in [3.05, 3.63) is 42.2 Å². The lowest BCUT2D eigenvalue weighted by Gasteiger charge is -2.26. The fourth-order valence-electron chi connectivity index (χ4n) is 3.24. The Kier molecular flexibility index (Phi) is 6.11. The topological polar surface area (TPSA) is 82.5 Å². The smallest absolute Gasteiger partial charge is 0.363 e. The van der Waals surface area contributed by atoms with Gasteiger partial charge in [-0.1, -0.05) is 25.1 Å². The predicted molar refractivity (Wildman–Crippen MR) is 100.0 cm³/mol. The van der Waals surface area contributed by atoms with Gasteiger partial charge in [-0.25, -0.2) is 9.48 Å². The van der Waals surface area contributed by atoms with Crippen molar-refractivity contribution in [2.75, 3.05) is 13.7 Å². The number of hydrogen-bond donors (Lipinski definition) is 1. The van der Waals surface area contributed by atoms with Crippen LogP contribution in [0.25, 0.3) is 5.69 Å². The van der Waals surface area contributed by atoms with E-state index in [0.29, 0.717) is 11.7 Å². The van der Waals surface area contributed by atoms with Crippen LogP contribution in [0.15, 0.2) is 36.5 Å². The summed E-state index contributed by atoms with van der Waals surface area (Å²) in [7, 11) is 1.46. The Labute approximate surface area is 158 Å². The summed E-state index contributed by atoms with van der Waals surface area (Å²) in [4.78, 5) is 24.4. The molecule has 7 heteroatoms. The predicted octanol–water partition coefficient (Wildman–Crippen LogP) is 2.73. The first kappa shape index (κ1) is 18.9. The zero-order valence-electron chi connectivity index (χ0n) is 15.7. The molecule has 0 atom stereocenters. The number of amides is 1. The molecule has 1 heterocycles. The largest absolute Gasteiger partial charge is 0.493 e. The standard InChI is InChI=1S/C20H25N3O4/c1-14-8-10-15(11-9-14)21-18(24)13-27-20(25)19-17(26-2)12-23(22-19)16-6-4-3-5-7-16/h3-7,12,14-15H,8-11,13H2,1-2H3,(H,21,24). The monoisotopic (exact) mass is 371 g/mol. The second kappa shape index (κ2) is 8.70. The van der Waals surface area contributed by atoms with Gasteiger partial charge in [0.25, 0.3) is 5.91 Å². The Balaban J connectivity index is 1.57. The molecule has 1 fully saturated rings. The molecule has 144 valence electrons. The number of aromatic nitrogens is 2. The first-order chi connectivity index (χ1) is 13.1. The van der Waals surface area contributed by atoms with Crippen LogP contribution in [0.2, 0.25) is 0 Å². The molecule has 1 aliphatic carbocycles. The van der Waals surface area contributed by atoms with Crippen molar-refractivity contribution in [2.24, 2.45) is 5.92 Å². The van der Waals surface area contributed by atoms with Crippen molar-refractivity contribution in [2.45, 2.75) is 38.6 Å². The van der Waals surface area contributed by atoms with Gasteiger partial charge in [-0.2, -0.15) is 5.10 Å². The first-order valence-corrected chi connectivity index (χ1v) is 9.22. The minimum Gasteiger partial charge on any atom is -0.493 e. The van der Waals surface area contributed by atoms with E-state index in [1.807, 2.05) is 30.3 Å². The molecular weight excluding hydrogens is 346 g/mol. The molecule has 1 saturated carbocycles. The van der Waals surface area contributed by atoms with Crippen LogP contribution in [0.3, 0.4) is 0 Å². The van der Waals surface area contributed by atoms with E-state index in [1.54, 1.807) is 10.9 Å². The van der Waals surface area contributed by atoms with Gasteiger partial charge in [-0.05, 0) is 43.7 Å². The van der Waals surface area contributed by atoms with E-state index >= 15 is 0 Å². The molecule has 0 unspecified atom stereocenters. The molecule has 2 aromatic rings. The van der Waals surface area contributed by atoms with Gasteiger partial charge < -0.3 is 14.8 Å². The van der Waals surface area contributed by atoms with E-state index < -0.39 is 5.97 Å². The van der Waals surface area contributed by atoms with E-state index in [-0.39, 0.29) is 24.2 Å². The van der Waals surface area contributed by atoms with Crippen LogP contribution < -0.4 is 10.1 Å². The molecule has 3 rings (SSSR count). The van der Waals surface area contributed by atoms with E-state index in [4.69, 9.17) is 9.47 Å². The van der Waals surface area contributed by atoms with Gasteiger partial charge in [0, 0.05) is 6.04 Å². The first-order valence-electron chi connectivity index (χ1n) is 9.22. The van der Waals surface area contributed by atoms with Crippen molar-refractivity contribution in [1.82, 2.24) is 15.1 Å². The average molecular weight is 371 g/mol. The minimum absolute atomic E-state index is 0.0423. The lowest BCUT2D eigenvalue weighted by atomic mass is 9.87. The number of ether oxygens (including phenoxy) is 2. The zero-order valence-corrected chi connectivity index (χ0v) is 15.7. The van der Waals surface area contributed by atoms with Gasteiger partial charge >= 0.3 is 5.97 Å². The molecule has 0 spiro atoms. The number of para-hydroxylation sites is 1. The number of nitrogens with one attached hydrogen (secondary N) is 1. The quantitative estimate of drug-likeness (QED) is 0.790. The van der Waals surface area contributed by atoms with Gasteiger partial charge in [0.15, 0.2) is 12.4 Å². The number of rotatable bonds is 6. The summed E-state index contributed by atoms with van der Waals surface area (Å²) in [6.45, 7) is 1.90. The third-order valence-corrected chi connectivity index (χ3v) is 4.83. The van der Waals surface area contributed by atoms with Gasteiger partial charge in [0.2, 0.25) is 5.69 Å². The zero-order chi connectivity index (χ0) is 19.2. The van der Waals surface area contributed by atoms with E-state index in [1.165, 1.54) is 7.11 Å². The van der Waals surface area contributed by atoms with Crippen LogP contribution in [0.4, 0.5) is 0 Å². The number of carbonyl (C=O) groups is 2. The summed E-state index contributed by atoms with van der Waals surface area (Å²) in [5.41, 5.74) is 0.833. The van der Waals surface area contributed by atoms with Gasteiger partial charge in [-0.15, -0.1) is 0 Å². The number of nitrogens with zero attached hydrogens (tertiary/aromatic N) is 2. The molecule has 0 aliphatic heterocycles. The summed E-state index contributed by atoms with van der Waals surface area (Å²) < 4.78 is 11.9. The van der Waals surface area contributed by atoms with Crippen molar-refractivity contribution >= 4 is 11.9 Å². The molecular formula is C20H25N3O4.